The zero-order valence-corrected chi connectivity index (χ0v) is 39.7. The van der Waals surface area contributed by atoms with E-state index in [9.17, 15) is 0 Å². The molecule has 0 unspecified atom stereocenters. The number of anilines is 3. The number of hydrogen-bond acceptors (Lipinski definition) is 1. The highest BCUT2D eigenvalue weighted by atomic mass is 15.1. The molecule has 0 amide bonds. The summed E-state index contributed by atoms with van der Waals surface area (Å²) >= 11 is 0. The van der Waals surface area contributed by atoms with E-state index in [1.807, 2.05) is 0 Å². The minimum Gasteiger partial charge on any atom is -0.309 e. The third-order valence-corrected chi connectivity index (χ3v) is 14.8. The molecule has 12 aromatic carbocycles. The number of hydrogen-bond donors (Lipinski definition) is 0. The lowest BCUT2D eigenvalue weighted by Crippen LogP contribution is -2.28. The maximum absolute atomic E-state index is 2.54. The van der Waals surface area contributed by atoms with E-state index in [2.05, 4.69) is 302 Å². The first-order valence-corrected chi connectivity index (χ1v) is 24.9. The molecule has 0 spiro atoms. The van der Waals surface area contributed by atoms with Crippen LogP contribution < -0.4 is 4.90 Å². The average Bonchev–Trinajstić information content (AvgIpc) is 3.78. The van der Waals surface area contributed by atoms with Gasteiger partial charge >= 0.3 is 0 Å². The molecule has 0 atom stereocenters. The van der Waals surface area contributed by atoms with Crippen LogP contribution in [0.25, 0.3) is 77.5 Å². The standard InChI is InChI=1S/C71H49N/c1-5-22-54(23-6-1)61-31-15-16-32-63(61)69-62(55-24-7-2-8-25-55)34-19-37-67(69)72(60-47-45-52(46-48-60)51-39-41-53(42-40-51)57-44-43-50-21-13-14-26-56(50)49-57)68-38-20-36-66-70(68)64-33-17-18-35-65(64)71(66,58-27-9-3-10-28-58)59-29-11-4-12-30-59/h1-49H. The van der Waals surface area contributed by atoms with E-state index in [0.29, 0.717) is 0 Å². The van der Waals surface area contributed by atoms with Gasteiger partial charge in [0.25, 0.3) is 0 Å². The van der Waals surface area contributed by atoms with Crippen LogP contribution >= 0.6 is 0 Å². The molecule has 0 saturated carbocycles. The third kappa shape index (κ3) is 7.25. The fraction of sp³-hybridized carbons (Fsp3) is 0.0141. The van der Waals surface area contributed by atoms with Gasteiger partial charge in [0.05, 0.1) is 16.8 Å². The van der Waals surface area contributed by atoms with Gasteiger partial charge in [-0.2, -0.15) is 0 Å². The van der Waals surface area contributed by atoms with Gasteiger partial charge in [-0.15, -0.1) is 0 Å². The van der Waals surface area contributed by atoms with Crippen LogP contribution in [0.15, 0.2) is 297 Å². The van der Waals surface area contributed by atoms with E-state index in [1.165, 1.54) is 83.1 Å². The van der Waals surface area contributed by atoms with Crippen molar-refractivity contribution in [1.29, 1.82) is 0 Å². The lowest BCUT2D eigenvalue weighted by atomic mass is 9.68. The first kappa shape index (κ1) is 42.8. The Morgan fingerprint density at radius 3 is 1.31 bits per heavy atom. The smallest absolute Gasteiger partial charge is 0.0714 e. The van der Waals surface area contributed by atoms with Crippen molar-refractivity contribution in [3.8, 4) is 66.8 Å². The maximum atomic E-state index is 2.54. The van der Waals surface area contributed by atoms with Crippen molar-refractivity contribution in [2.75, 3.05) is 4.90 Å². The van der Waals surface area contributed by atoms with Gasteiger partial charge in [-0.3, -0.25) is 0 Å². The van der Waals surface area contributed by atoms with Crippen LogP contribution in [0.3, 0.4) is 0 Å². The fourth-order valence-corrected chi connectivity index (χ4v) is 11.5. The molecular formula is C71H49N. The Kier molecular flexibility index (Phi) is 10.8. The van der Waals surface area contributed by atoms with Crippen LogP contribution in [0.2, 0.25) is 0 Å². The molecule has 0 N–H and O–H groups in total. The van der Waals surface area contributed by atoms with Gasteiger partial charge in [-0.1, -0.05) is 267 Å². The van der Waals surface area contributed by atoms with E-state index in [1.54, 1.807) is 0 Å². The number of nitrogens with zero attached hydrogens (tertiary/aromatic N) is 1. The Hall–Kier alpha value is -9.30. The van der Waals surface area contributed by atoms with Crippen LogP contribution in [0.1, 0.15) is 22.3 Å². The number of fused-ring (bicyclic) bond motifs is 4. The minimum atomic E-state index is -0.562. The first-order valence-electron chi connectivity index (χ1n) is 24.9. The summed E-state index contributed by atoms with van der Waals surface area (Å²) in [7, 11) is 0. The van der Waals surface area contributed by atoms with E-state index in [0.717, 1.165) is 33.8 Å². The van der Waals surface area contributed by atoms with E-state index >= 15 is 0 Å². The first-order chi connectivity index (χ1) is 35.7. The highest BCUT2D eigenvalue weighted by Gasteiger charge is 2.47. The third-order valence-electron chi connectivity index (χ3n) is 14.8. The van der Waals surface area contributed by atoms with Crippen molar-refractivity contribution in [2.45, 2.75) is 5.41 Å². The monoisotopic (exact) mass is 915 g/mol. The molecule has 0 fully saturated rings. The molecule has 1 nitrogen and oxygen atoms in total. The second-order valence-electron chi connectivity index (χ2n) is 18.7. The predicted octanol–water partition coefficient (Wildman–Crippen LogP) is 19.0. The van der Waals surface area contributed by atoms with Crippen LogP contribution in [0.4, 0.5) is 17.1 Å². The normalized spacial score (nSPS) is 12.3. The minimum absolute atomic E-state index is 0.562. The topological polar surface area (TPSA) is 3.24 Å². The summed E-state index contributed by atoms with van der Waals surface area (Å²) in [5.41, 5.74) is 22.0. The average molecular weight is 916 g/mol. The van der Waals surface area contributed by atoms with Gasteiger partial charge < -0.3 is 4.90 Å². The summed E-state index contributed by atoms with van der Waals surface area (Å²) in [6.45, 7) is 0. The van der Waals surface area contributed by atoms with Gasteiger partial charge in [-0.05, 0) is 119 Å². The van der Waals surface area contributed by atoms with Crippen LogP contribution in [0, 0.1) is 0 Å². The van der Waals surface area contributed by atoms with E-state index in [4.69, 9.17) is 0 Å². The van der Waals surface area contributed by atoms with Gasteiger partial charge in [0.2, 0.25) is 0 Å². The zero-order valence-electron chi connectivity index (χ0n) is 39.7. The molecule has 13 rings (SSSR count). The molecule has 72 heavy (non-hydrogen) atoms. The number of benzene rings is 12. The molecule has 0 bridgehead atoms. The molecular weight excluding hydrogens is 867 g/mol. The fourth-order valence-electron chi connectivity index (χ4n) is 11.5. The molecule has 0 radical (unpaired) electrons. The maximum Gasteiger partial charge on any atom is 0.0714 e. The summed E-state index contributed by atoms with van der Waals surface area (Å²) in [5, 5.41) is 2.50. The van der Waals surface area contributed by atoms with E-state index in [-0.39, 0.29) is 0 Å². The quantitative estimate of drug-likeness (QED) is 0.132. The highest BCUT2D eigenvalue weighted by molar-refractivity contribution is 6.04. The van der Waals surface area contributed by atoms with E-state index < -0.39 is 5.41 Å². The lowest BCUT2D eigenvalue weighted by molar-refractivity contribution is 0.768. The molecule has 0 aliphatic heterocycles. The SMILES string of the molecule is c1ccc(-c2ccccc2-c2c(-c3ccccc3)cccc2N(c2ccc(-c3ccc(-c4ccc5ccccc5c4)cc3)cc2)c2cccc3c2-c2ccccc2C3(c2ccccc2)c2ccccc2)cc1. The summed E-state index contributed by atoms with van der Waals surface area (Å²) in [6.07, 6.45) is 0. The van der Waals surface area contributed by atoms with Gasteiger partial charge in [0.15, 0.2) is 0 Å². The molecule has 0 heterocycles. The summed E-state index contributed by atoms with van der Waals surface area (Å²) in [6, 6.07) is 109. The van der Waals surface area contributed by atoms with Gasteiger partial charge in [-0.25, -0.2) is 0 Å². The highest BCUT2D eigenvalue weighted by Crippen LogP contribution is 2.60. The molecule has 0 aromatic heterocycles. The second-order valence-corrected chi connectivity index (χ2v) is 18.7. The molecule has 1 heteroatoms. The Balaban J connectivity index is 1.05. The summed E-state index contributed by atoms with van der Waals surface area (Å²) in [5.74, 6) is 0. The molecule has 338 valence electrons. The van der Waals surface area contributed by atoms with Crippen LogP contribution in [-0.2, 0) is 5.41 Å². The Morgan fingerprint density at radius 1 is 0.236 bits per heavy atom. The summed E-state index contributed by atoms with van der Waals surface area (Å²) in [4.78, 5) is 2.54. The summed E-state index contributed by atoms with van der Waals surface area (Å²) < 4.78 is 0. The Morgan fingerprint density at radius 2 is 0.667 bits per heavy atom. The molecule has 12 aromatic rings. The molecule has 0 saturated heterocycles. The molecule has 1 aliphatic carbocycles. The predicted molar refractivity (Wildman–Crippen MR) is 303 cm³/mol. The Labute approximate surface area is 422 Å². The van der Waals surface area contributed by atoms with Crippen molar-refractivity contribution in [3.05, 3.63) is 320 Å². The van der Waals surface area contributed by atoms with Crippen molar-refractivity contribution >= 4 is 27.8 Å². The van der Waals surface area contributed by atoms with Crippen LogP contribution in [0.5, 0.6) is 0 Å². The second kappa shape index (κ2) is 18.2. The van der Waals surface area contributed by atoms with Crippen LogP contribution in [-0.4, -0.2) is 0 Å². The van der Waals surface area contributed by atoms with Crippen molar-refractivity contribution < 1.29 is 0 Å². The molecule has 1 aliphatic rings. The van der Waals surface area contributed by atoms with Gasteiger partial charge in [0, 0.05) is 16.8 Å². The Bertz CT molecular complexity index is 3840. The van der Waals surface area contributed by atoms with Crippen molar-refractivity contribution in [1.82, 2.24) is 0 Å². The largest absolute Gasteiger partial charge is 0.309 e. The van der Waals surface area contributed by atoms with Crippen molar-refractivity contribution in [3.63, 3.8) is 0 Å². The van der Waals surface area contributed by atoms with Crippen molar-refractivity contribution in [2.24, 2.45) is 0 Å². The zero-order chi connectivity index (χ0) is 47.8. The van der Waals surface area contributed by atoms with Gasteiger partial charge in [0.1, 0.15) is 0 Å². The number of rotatable bonds is 10. The lowest BCUT2D eigenvalue weighted by Gasteiger charge is -2.35.